The summed E-state index contributed by atoms with van der Waals surface area (Å²) < 4.78 is 28.4. The number of hydrogen-bond acceptors (Lipinski definition) is 8. The number of para-hydroxylation sites is 1. The molecule has 0 atom stereocenters. The molecule has 0 amide bonds. The van der Waals surface area contributed by atoms with E-state index in [2.05, 4.69) is 36.7 Å². The summed E-state index contributed by atoms with van der Waals surface area (Å²) in [6, 6.07) is 11.0. The molecule has 0 aliphatic carbocycles. The minimum atomic E-state index is -3.63. The number of aromatic nitrogens is 3. The summed E-state index contributed by atoms with van der Waals surface area (Å²) in [6.07, 6.45) is 1.63. The number of piperazine rings is 2. The average Bonchev–Trinajstić information content (AvgIpc) is 2.84. The molecule has 5 rings (SSSR count). The summed E-state index contributed by atoms with van der Waals surface area (Å²) in [5.41, 5.74) is 0.519. The van der Waals surface area contributed by atoms with Crippen LogP contribution in [0.1, 0.15) is 5.82 Å². The summed E-state index contributed by atoms with van der Waals surface area (Å²) >= 11 is 0. The van der Waals surface area contributed by atoms with E-state index in [0.717, 1.165) is 49.0 Å². The first-order chi connectivity index (χ1) is 15.9. The highest BCUT2D eigenvalue weighted by Crippen LogP contribution is 2.26. The van der Waals surface area contributed by atoms with Crippen molar-refractivity contribution in [1.29, 1.82) is 0 Å². The van der Waals surface area contributed by atoms with Crippen LogP contribution in [-0.2, 0) is 10.0 Å². The summed E-state index contributed by atoms with van der Waals surface area (Å²) in [5, 5.41) is 0.824. The van der Waals surface area contributed by atoms with Gasteiger partial charge in [-0.15, -0.1) is 0 Å². The van der Waals surface area contributed by atoms with Crippen LogP contribution in [0, 0.1) is 6.92 Å². The molecule has 174 valence electrons. The second-order valence-electron chi connectivity index (χ2n) is 8.64. The first-order valence-corrected chi connectivity index (χ1v) is 12.7. The van der Waals surface area contributed by atoms with Gasteiger partial charge in [0.2, 0.25) is 10.0 Å². The quantitative estimate of drug-likeness (QED) is 0.572. The molecule has 0 bridgehead atoms. The van der Waals surface area contributed by atoms with Crippen LogP contribution in [0.2, 0.25) is 0 Å². The van der Waals surface area contributed by atoms with E-state index in [0.29, 0.717) is 31.7 Å². The third-order valence-corrected chi connectivity index (χ3v) is 8.34. The van der Waals surface area contributed by atoms with Crippen LogP contribution >= 0.6 is 0 Å². The maximum Gasteiger partial charge on any atom is 0.245 e. The topological polar surface area (TPSA) is 85.8 Å². The zero-order valence-corrected chi connectivity index (χ0v) is 19.9. The van der Waals surface area contributed by atoms with Gasteiger partial charge in [0.25, 0.3) is 0 Å². The van der Waals surface area contributed by atoms with Gasteiger partial charge in [-0.2, -0.15) is 4.31 Å². The fourth-order valence-electron chi connectivity index (χ4n) is 4.48. The Bertz CT molecular complexity index is 1250. The van der Waals surface area contributed by atoms with Gasteiger partial charge in [-0.05, 0) is 26.1 Å². The Morgan fingerprint density at radius 3 is 2.09 bits per heavy atom. The fourth-order valence-corrected chi connectivity index (χ4v) is 6.06. The highest BCUT2D eigenvalue weighted by atomic mass is 32.2. The molecule has 2 aliphatic heterocycles. The van der Waals surface area contributed by atoms with Gasteiger partial charge in [0.15, 0.2) is 0 Å². The van der Waals surface area contributed by atoms with Gasteiger partial charge >= 0.3 is 0 Å². The molecule has 9 nitrogen and oxygen atoms in total. The molecule has 2 fully saturated rings. The van der Waals surface area contributed by atoms with E-state index in [1.54, 1.807) is 22.6 Å². The Balaban J connectivity index is 1.33. The van der Waals surface area contributed by atoms with Crippen molar-refractivity contribution in [3.63, 3.8) is 0 Å². The second kappa shape index (κ2) is 8.85. The average molecular weight is 468 g/mol. The molecule has 2 aromatic heterocycles. The van der Waals surface area contributed by atoms with E-state index in [9.17, 15) is 8.42 Å². The van der Waals surface area contributed by atoms with Crippen LogP contribution in [0.15, 0.2) is 47.5 Å². The molecule has 0 unspecified atom stereocenters. The normalized spacial score (nSPS) is 18.7. The third kappa shape index (κ3) is 4.38. The lowest BCUT2D eigenvalue weighted by molar-refractivity contribution is 0.312. The van der Waals surface area contributed by atoms with Crippen LogP contribution in [0.3, 0.4) is 0 Å². The lowest BCUT2D eigenvalue weighted by Crippen LogP contribution is -2.49. The molecule has 2 saturated heterocycles. The van der Waals surface area contributed by atoms with E-state index >= 15 is 0 Å². The molecule has 33 heavy (non-hydrogen) atoms. The largest absolute Gasteiger partial charge is 0.354 e. The van der Waals surface area contributed by atoms with E-state index in [4.69, 9.17) is 0 Å². The molecule has 0 spiro atoms. The molecule has 2 aliphatic rings. The first kappa shape index (κ1) is 22.0. The predicted octanol–water partition coefficient (Wildman–Crippen LogP) is 1.60. The van der Waals surface area contributed by atoms with Gasteiger partial charge in [-0.1, -0.05) is 18.2 Å². The summed E-state index contributed by atoms with van der Waals surface area (Å²) in [4.78, 5) is 20.7. The van der Waals surface area contributed by atoms with Crippen LogP contribution in [-0.4, -0.2) is 92.0 Å². The molecule has 4 heterocycles. The minimum Gasteiger partial charge on any atom is -0.354 e. The number of hydrogen-bond donors (Lipinski definition) is 0. The third-order valence-electron chi connectivity index (χ3n) is 6.41. The number of sulfonamides is 1. The number of benzene rings is 1. The van der Waals surface area contributed by atoms with Gasteiger partial charge in [-0.25, -0.2) is 18.4 Å². The number of pyridine rings is 1. The Hall–Kier alpha value is -2.82. The zero-order chi connectivity index (χ0) is 23.0. The van der Waals surface area contributed by atoms with E-state index < -0.39 is 10.0 Å². The standard InChI is InChI=1S/C23H29N7O2S/c1-18-25-21(28-11-9-27(2)10-12-28)17-22(26-18)29-13-15-30(16-14-29)33(31,32)20-7-3-5-19-6-4-8-24-23(19)20/h3-8,17H,9-16H2,1-2H3. The lowest BCUT2D eigenvalue weighted by Gasteiger charge is -2.36. The Labute approximate surface area is 194 Å². The first-order valence-electron chi connectivity index (χ1n) is 11.3. The van der Waals surface area contributed by atoms with Crippen LogP contribution < -0.4 is 9.80 Å². The summed E-state index contributed by atoms with van der Waals surface area (Å²) in [7, 11) is -1.50. The SMILES string of the molecule is Cc1nc(N2CCN(C)CC2)cc(N2CCN(S(=O)(=O)c3cccc4cccnc34)CC2)n1. The Morgan fingerprint density at radius 2 is 1.42 bits per heavy atom. The molecule has 10 heteroatoms. The summed E-state index contributed by atoms with van der Waals surface area (Å²) in [6.45, 7) is 7.78. The van der Waals surface area contributed by atoms with E-state index in [1.807, 2.05) is 31.2 Å². The van der Waals surface area contributed by atoms with Crippen molar-refractivity contribution in [2.45, 2.75) is 11.8 Å². The minimum absolute atomic E-state index is 0.268. The molecule has 3 aromatic rings. The van der Waals surface area contributed by atoms with Crippen molar-refractivity contribution in [2.24, 2.45) is 0 Å². The Morgan fingerprint density at radius 1 is 0.818 bits per heavy atom. The van der Waals surface area contributed by atoms with Crippen molar-refractivity contribution in [2.75, 3.05) is 69.2 Å². The summed E-state index contributed by atoms with van der Waals surface area (Å²) in [5.74, 6) is 2.54. The second-order valence-corrected chi connectivity index (χ2v) is 10.6. The van der Waals surface area contributed by atoms with Crippen molar-refractivity contribution < 1.29 is 8.42 Å². The van der Waals surface area contributed by atoms with Crippen LogP contribution in [0.25, 0.3) is 10.9 Å². The number of likely N-dealkylation sites (N-methyl/N-ethyl adjacent to an activating group) is 1. The predicted molar refractivity (Wildman–Crippen MR) is 129 cm³/mol. The molecular formula is C23H29N7O2S. The van der Waals surface area contributed by atoms with E-state index in [1.165, 1.54) is 0 Å². The van der Waals surface area contributed by atoms with Crippen molar-refractivity contribution in [1.82, 2.24) is 24.2 Å². The number of rotatable bonds is 4. The maximum absolute atomic E-state index is 13.4. The number of nitrogens with zero attached hydrogens (tertiary/aromatic N) is 7. The monoisotopic (exact) mass is 467 g/mol. The van der Waals surface area contributed by atoms with Crippen molar-refractivity contribution in [3.05, 3.63) is 48.4 Å². The van der Waals surface area contributed by atoms with Crippen LogP contribution in [0.5, 0.6) is 0 Å². The molecule has 0 radical (unpaired) electrons. The van der Waals surface area contributed by atoms with Crippen LogP contribution in [0.4, 0.5) is 11.6 Å². The van der Waals surface area contributed by atoms with E-state index in [-0.39, 0.29) is 4.90 Å². The highest BCUT2D eigenvalue weighted by Gasteiger charge is 2.31. The molecule has 0 N–H and O–H groups in total. The van der Waals surface area contributed by atoms with Gasteiger partial charge < -0.3 is 14.7 Å². The molecular weight excluding hydrogens is 438 g/mol. The fraction of sp³-hybridized carbons (Fsp3) is 0.435. The van der Waals surface area contributed by atoms with Crippen molar-refractivity contribution in [3.8, 4) is 0 Å². The smallest absolute Gasteiger partial charge is 0.245 e. The number of fused-ring (bicyclic) bond motifs is 1. The lowest BCUT2D eigenvalue weighted by atomic mass is 10.2. The van der Waals surface area contributed by atoms with Crippen molar-refractivity contribution >= 4 is 32.6 Å². The molecule has 1 aromatic carbocycles. The van der Waals surface area contributed by atoms with Gasteiger partial charge in [0.1, 0.15) is 22.4 Å². The molecule has 0 saturated carbocycles. The number of anilines is 2. The highest BCUT2D eigenvalue weighted by molar-refractivity contribution is 7.89. The maximum atomic E-state index is 13.4. The Kier molecular flexibility index (Phi) is 5.90. The van der Waals surface area contributed by atoms with Gasteiger partial charge in [0.05, 0.1) is 5.52 Å². The van der Waals surface area contributed by atoms with Gasteiger partial charge in [0, 0.05) is 70.0 Å². The number of aryl methyl sites for hydroxylation is 1. The van der Waals surface area contributed by atoms with Gasteiger partial charge in [-0.3, -0.25) is 4.98 Å². The zero-order valence-electron chi connectivity index (χ0n) is 19.1.